The summed E-state index contributed by atoms with van der Waals surface area (Å²) in [6, 6.07) is 8.83. The van der Waals surface area contributed by atoms with E-state index in [2.05, 4.69) is 10.2 Å². The number of hydrogen-bond donors (Lipinski definition) is 0. The summed E-state index contributed by atoms with van der Waals surface area (Å²) in [6.07, 6.45) is -3.20. The van der Waals surface area contributed by atoms with E-state index in [-0.39, 0.29) is 47.9 Å². The molecule has 3 aromatic rings. The fourth-order valence-corrected chi connectivity index (χ4v) is 7.58. The number of aromatic nitrogens is 2. The van der Waals surface area contributed by atoms with E-state index in [1.165, 1.54) is 30.3 Å². The highest BCUT2D eigenvalue weighted by molar-refractivity contribution is 7.92. The average molecular weight is 548 g/mol. The zero-order chi connectivity index (χ0) is 26.1. The number of hydrogen-bond acceptors (Lipinski definition) is 7. The van der Waals surface area contributed by atoms with E-state index in [0.717, 1.165) is 16.4 Å². The van der Waals surface area contributed by atoms with E-state index >= 15 is 0 Å². The highest BCUT2D eigenvalue weighted by Crippen LogP contribution is 2.28. The lowest BCUT2D eigenvalue weighted by atomic mass is 10.1. The van der Waals surface area contributed by atoms with Crippen LogP contribution in [-0.2, 0) is 33.0 Å². The summed E-state index contributed by atoms with van der Waals surface area (Å²) in [5, 5.41) is 5.65. The fraction of sp³-hybridized carbons (Fsp3) is 0.364. The molecule has 0 N–H and O–H groups in total. The largest absolute Gasteiger partial charge is 0.415 e. The molecular weight excluding hydrogens is 526 g/mol. The van der Waals surface area contributed by atoms with Crippen LogP contribution in [0, 0.1) is 11.6 Å². The first-order valence-electron chi connectivity index (χ1n) is 10.8. The van der Waals surface area contributed by atoms with Crippen molar-refractivity contribution in [2.24, 2.45) is 0 Å². The van der Waals surface area contributed by atoms with Crippen molar-refractivity contribution in [2.45, 2.75) is 37.6 Å². The minimum absolute atomic E-state index is 0.0210. The van der Waals surface area contributed by atoms with Crippen molar-refractivity contribution in [2.75, 3.05) is 11.5 Å². The summed E-state index contributed by atoms with van der Waals surface area (Å²) in [7, 11) is -7.44. The molecule has 0 amide bonds. The Morgan fingerprint density at radius 3 is 2.36 bits per heavy atom. The molecule has 0 atom stereocenters. The molecule has 0 saturated carbocycles. The molecule has 2 heterocycles. The number of sulfone groups is 1. The second kappa shape index (κ2) is 10.3. The molecule has 1 aliphatic heterocycles. The maximum atomic E-state index is 15.0. The minimum atomic E-state index is -4.11. The lowest BCUT2D eigenvalue weighted by Crippen LogP contribution is -2.42. The van der Waals surface area contributed by atoms with Gasteiger partial charge in [0, 0.05) is 24.2 Å². The highest BCUT2D eigenvalue weighted by atomic mass is 32.2. The lowest BCUT2D eigenvalue weighted by molar-refractivity contribution is 0.116. The maximum Gasteiger partial charge on any atom is 0.314 e. The predicted octanol–water partition coefficient (Wildman–Crippen LogP) is 3.86. The number of rotatable bonds is 8. The SMILES string of the molecule is O=S1(=O)CCC(S(=O)(=O)N(Cc2cccc(F)c2)Cc2ccc(-c3nnc(C(F)F)o3)cc2F)CC1. The molecule has 14 heteroatoms. The summed E-state index contributed by atoms with van der Waals surface area (Å²) in [4.78, 5) is 0. The average Bonchev–Trinajstić information content (AvgIpc) is 3.30. The van der Waals surface area contributed by atoms with Gasteiger partial charge in [0.25, 0.3) is 5.89 Å². The number of benzene rings is 2. The van der Waals surface area contributed by atoms with Gasteiger partial charge in [-0.25, -0.2) is 25.6 Å². The van der Waals surface area contributed by atoms with Crippen LogP contribution in [0.2, 0.25) is 0 Å². The molecule has 4 rings (SSSR count). The van der Waals surface area contributed by atoms with Crippen LogP contribution in [0.15, 0.2) is 46.9 Å². The van der Waals surface area contributed by atoms with Crippen LogP contribution in [0.3, 0.4) is 0 Å². The fourth-order valence-electron chi connectivity index (χ4n) is 3.89. The number of alkyl halides is 2. The molecule has 2 aromatic carbocycles. The van der Waals surface area contributed by atoms with Crippen molar-refractivity contribution in [3.63, 3.8) is 0 Å². The number of sulfonamides is 1. The predicted molar refractivity (Wildman–Crippen MR) is 121 cm³/mol. The van der Waals surface area contributed by atoms with Gasteiger partial charge in [0.05, 0.1) is 16.8 Å². The Kier molecular flexibility index (Phi) is 7.48. The Morgan fingerprint density at radius 1 is 1.03 bits per heavy atom. The van der Waals surface area contributed by atoms with Gasteiger partial charge in [-0.05, 0) is 42.7 Å². The molecule has 0 unspecified atom stereocenters. The summed E-state index contributed by atoms with van der Waals surface area (Å²) in [5.74, 6) is -3.24. The Morgan fingerprint density at radius 2 is 1.75 bits per heavy atom. The second-order valence-electron chi connectivity index (χ2n) is 8.35. The van der Waals surface area contributed by atoms with Crippen LogP contribution in [0.5, 0.6) is 0 Å². The number of halogens is 4. The van der Waals surface area contributed by atoms with Crippen LogP contribution in [0.4, 0.5) is 17.6 Å². The molecule has 1 aromatic heterocycles. The summed E-state index contributed by atoms with van der Waals surface area (Å²) in [6.45, 7) is -0.702. The molecule has 1 saturated heterocycles. The molecule has 36 heavy (non-hydrogen) atoms. The van der Waals surface area contributed by atoms with Crippen LogP contribution in [-0.4, -0.2) is 48.1 Å². The van der Waals surface area contributed by atoms with Gasteiger partial charge in [-0.3, -0.25) is 0 Å². The van der Waals surface area contributed by atoms with Crippen LogP contribution >= 0.6 is 0 Å². The Balaban J connectivity index is 1.63. The molecule has 0 spiro atoms. The van der Waals surface area contributed by atoms with Gasteiger partial charge < -0.3 is 4.42 Å². The molecule has 1 aliphatic rings. The normalized spacial score (nSPS) is 16.6. The van der Waals surface area contributed by atoms with E-state index in [0.29, 0.717) is 5.56 Å². The van der Waals surface area contributed by atoms with E-state index in [1.807, 2.05) is 0 Å². The first-order chi connectivity index (χ1) is 16.9. The van der Waals surface area contributed by atoms with Gasteiger partial charge in [-0.2, -0.15) is 13.1 Å². The van der Waals surface area contributed by atoms with E-state index in [9.17, 15) is 34.4 Å². The zero-order valence-electron chi connectivity index (χ0n) is 18.7. The van der Waals surface area contributed by atoms with Gasteiger partial charge in [-0.15, -0.1) is 10.2 Å². The summed E-state index contributed by atoms with van der Waals surface area (Å²) in [5.41, 5.74) is 0.299. The molecule has 0 radical (unpaired) electrons. The summed E-state index contributed by atoms with van der Waals surface area (Å²) < 4.78 is 110. The Hall–Kier alpha value is -2.84. The van der Waals surface area contributed by atoms with Crippen molar-refractivity contribution in [1.29, 1.82) is 0 Å². The third-order valence-corrected chi connectivity index (χ3v) is 9.81. The first kappa shape index (κ1) is 26.2. The van der Waals surface area contributed by atoms with Gasteiger partial charge >= 0.3 is 6.43 Å². The Bertz CT molecular complexity index is 1450. The third-order valence-electron chi connectivity index (χ3n) is 5.80. The van der Waals surface area contributed by atoms with Gasteiger partial charge in [0.1, 0.15) is 21.5 Å². The molecule has 0 bridgehead atoms. The zero-order valence-corrected chi connectivity index (χ0v) is 20.3. The first-order valence-corrected chi connectivity index (χ1v) is 14.1. The van der Waals surface area contributed by atoms with Crippen LogP contribution in [0.1, 0.15) is 36.3 Å². The van der Waals surface area contributed by atoms with Crippen LogP contribution in [0.25, 0.3) is 11.5 Å². The quantitative estimate of drug-likeness (QED) is 0.394. The Labute approximate surface area is 204 Å². The lowest BCUT2D eigenvalue weighted by Gasteiger charge is -2.30. The molecule has 194 valence electrons. The summed E-state index contributed by atoms with van der Waals surface area (Å²) >= 11 is 0. The van der Waals surface area contributed by atoms with Crippen molar-refractivity contribution in [3.8, 4) is 11.5 Å². The topological polar surface area (TPSA) is 110 Å². The van der Waals surface area contributed by atoms with E-state index in [4.69, 9.17) is 4.42 Å². The molecule has 1 fully saturated rings. The van der Waals surface area contributed by atoms with Gasteiger partial charge in [0.15, 0.2) is 0 Å². The van der Waals surface area contributed by atoms with E-state index < -0.39 is 55.6 Å². The van der Waals surface area contributed by atoms with Crippen LogP contribution < -0.4 is 0 Å². The van der Waals surface area contributed by atoms with E-state index in [1.54, 1.807) is 0 Å². The van der Waals surface area contributed by atoms with Crippen molar-refractivity contribution >= 4 is 19.9 Å². The van der Waals surface area contributed by atoms with Crippen molar-refractivity contribution in [1.82, 2.24) is 14.5 Å². The minimum Gasteiger partial charge on any atom is -0.415 e. The standard InChI is InChI=1S/C22H21F4N3O5S2/c23-17-3-1-2-14(10-17)12-29(36(32,33)18-6-8-35(30,31)9-7-18)13-16-5-4-15(11-19(16)24)21-27-28-22(34-21)20(25)26/h1-5,10-11,18,20H,6-9,12-13H2. The second-order valence-corrected chi connectivity index (χ2v) is 12.9. The van der Waals surface area contributed by atoms with Crippen molar-refractivity contribution < 1.29 is 38.8 Å². The molecule has 0 aliphatic carbocycles. The highest BCUT2D eigenvalue weighted by Gasteiger charge is 2.37. The monoisotopic (exact) mass is 547 g/mol. The number of nitrogens with zero attached hydrogens (tertiary/aromatic N) is 3. The smallest absolute Gasteiger partial charge is 0.314 e. The maximum absolute atomic E-state index is 15.0. The van der Waals surface area contributed by atoms with Gasteiger partial charge in [-0.1, -0.05) is 18.2 Å². The van der Waals surface area contributed by atoms with Crippen molar-refractivity contribution in [3.05, 3.63) is 71.1 Å². The van der Waals surface area contributed by atoms with Gasteiger partial charge in [0.2, 0.25) is 15.9 Å². The third kappa shape index (κ3) is 5.93. The molecule has 8 nitrogen and oxygen atoms in total. The molecular formula is C22H21F4N3O5S2.